The number of nitrogens with one attached hydrogen (secondary N) is 1. The number of ether oxygens (including phenoxy) is 2. The number of rotatable bonds is 7. The molecule has 3 N–H and O–H groups in total. The molecule has 1 aromatic heterocycles. The number of amides is 1. The summed E-state index contributed by atoms with van der Waals surface area (Å²) in [5, 5.41) is 0. The van der Waals surface area contributed by atoms with Crippen molar-refractivity contribution in [1.29, 1.82) is 0 Å². The van der Waals surface area contributed by atoms with Gasteiger partial charge < -0.3 is 9.47 Å². The molecule has 7 heteroatoms. The Kier molecular flexibility index (Phi) is 6.06. The summed E-state index contributed by atoms with van der Waals surface area (Å²) < 4.78 is 10.3. The van der Waals surface area contributed by atoms with E-state index in [1.54, 1.807) is 16.8 Å². The van der Waals surface area contributed by atoms with Gasteiger partial charge in [-0.3, -0.25) is 10.2 Å². The van der Waals surface area contributed by atoms with E-state index < -0.39 is 6.10 Å². The highest BCUT2D eigenvalue weighted by Gasteiger charge is 2.17. The second-order valence-corrected chi connectivity index (χ2v) is 4.37. The maximum atomic E-state index is 11.3. The van der Waals surface area contributed by atoms with Gasteiger partial charge in [0.05, 0.1) is 24.4 Å². The monoisotopic (exact) mass is 259 g/mol. The minimum absolute atomic E-state index is 0.185. The smallest absolute Gasteiger partial charge is 0.265 e. The lowest BCUT2D eigenvalue weighted by atomic mass is 10.3. The highest BCUT2D eigenvalue weighted by molar-refractivity contribution is 7.09. The fraction of sp³-hybridized carbons (Fsp3) is 0.600. The number of methoxy groups -OCH3 is 1. The van der Waals surface area contributed by atoms with Crippen LogP contribution in [-0.4, -0.2) is 37.3 Å². The maximum Gasteiger partial charge on any atom is 0.265 e. The van der Waals surface area contributed by atoms with Crippen molar-refractivity contribution >= 4 is 17.2 Å². The van der Waals surface area contributed by atoms with Gasteiger partial charge in [-0.05, 0) is 6.92 Å². The fourth-order valence-electron chi connectivity index (χ4n) is 1.30. The van der Waals surface area contributed by atoms with Crippen LogP contribution < -0.4 is 11.3 Å². The lowest BCUT2D eigenvalue weighted by Crippen LogP contribution is -2.43. The molecule has 1 amide bonds. The summed E-state index contributed by atoms with van der Waals surface area (Å²) >= 11 is 1.58. The van der Waals surface area contributed by atoms with Crippen molar-refractivity contribution in [2.24, 2.45) is 5.84 Å². The minimum Gasteiger partial charge on any atom is -0.381 e. The SMILES string of the molecule is COCC(OCCc1scnc1C)C(=O)NN. The van der Waals surface area contributed by atoms with Crippen LogP contribution in [0.4, 0.5) is 0 Å². The predicted octanol–water partition coefficient (Wildman–Crippen LogP) is 0.0155. The van der Waals surface area contributed by atoms with Gasteiger partial charge in [-0.1, -0.05) is 0 Å². The van der Waals surface area contributed by atoms with Crippen molar-refractivity contribution < 1.29 is 14.3 Å². The van der Waals surface area contributed by atoms with Crippen molar-refractivity contribution in [2.45, 2.75) is 19.4 Å². The topological polar surface area (TPSA) is 86.5 Å². The maximum absolute atomic E-state index is 11.3. The Morgan fingerprint density at radius 1 is 1.71 bits per heavy atom. The second kappa shape index (κ2) is 7.33. The van der Waals surface area contributed by atoms with Gasteiger partial charge in [-0.25, -0.2) is 10.8 Å². The number of hydrogen-bond acceptors (Lipinski definition) is 6. The molecule has 0 aliphatic carbocycles. The molecule has 0 spiro atoms. The van der Waals surface area contributed by atoms with Gasteiger partial charge in [0.1, 0.15) is 0 Å². The lowest BCUT2D eigenvalue weighted by molar-refractivity contribution is -0.136. The quantitative estimate of drug-likeness (QED) is 0.409. The highest BCUT2D eigenvalue weighted by Crippen LogP contribution is 2.12. The second-order valence-electron chi connectivity index (χ2n) is 3.43. The highest BCUT2D eigenvalue weighted by atomic mass is 32.1. The number of carbonyl (C=O) groups is 1. The van der Waals surface area contributed by atoms with E-state index in [1.165, 1.54) is 7.11 Å². The van der Waals surface area contributed by atoms with Crippen molar-refractivity contribution in [3.63, 3.8) is 0 Å². The molecule has 0 saturated carbocycles. The molecule has 1 atom stereocenters. The summed E-state index contributed by atoms with van der Waals surface area (Å²) in [5.41, 5.74) is 4.85. The zero-order chi connectivity index (χ0) is 12.7. The van der Waals surface area contributed by atoms with Gasteiger partial charge in [-0.2, -0.15) is 0 Å². The lowest BCUT2D eigenvalue weighted by Gasteiger charge is -2.14. The molecule has 96 valence electrons. The van der Waals surface area contributed by atoms with Gasteiger partial charge in [0.15, 0.2) is 6.10 Å². The molecule has 1 rings (SSSR count). The summed E-state index contributed by atoms with van der Waals surface area (Å²) in [6, 6.07) is 0. The van der Waals surface area contributed by atoms with Gasteiger partial charge in [-0.15, -0.1) is 11.3 Å². The van der Waals surface area contributed by atoms with E-state index in [9.17, 15) is 4.79 Å². The van der Waals surface area contributed by atoms with Crippen LogP contribution in [0.25, 0.3) is 0 Å². The number of nitrogens with two attached hydrogens (primary N) is 1. The number of aryl methyl sites for hydroxylation is 1. The van der Waals surface area contributed by atoms with Crippen LogP contribution in [0.15, 0.2) is 5.51 Å². The van der Waals surface area contributed by atoms with Gasteiger partial charge in [0.2, 0.25) is 0 Å². The standard InChI is InChI=1S/C10H17N3O3S/c1-7-9(17-6-12-7)3-4-16-8(5-15-2)10(14)13-11/h6,8H,3-5,11H2,1-2H3,(H,13,14). The van der Waals surface area contributed by atoms with Crippen LogP contribution in [0.5, 0.6) is 0 Å². The van der Waals surface area contributed by atoms with E-state index in [2.05, 4.69) is 10.4 Å². The number of hydrogen-bond donors (Lipinski definition) is 2. The number of hydrazine groups is 1. The third kappa shape index (κ3) is 4.39. The molecule has 0 saturated heterocycles. The summed E-state index contributed by atoms with van der Waals surface area (Å²) in [6.45, 7) is 2.57. The Bertz CT molecular complexity index is 356. The van der Waals surface area contributed by atoms with Crippen LogP contribution in [0.3, 0.4) is 0 Å². The molecular formula is C10H17N3O3S. The Labute approximate surface area is 104 Å². The van der Waals surface area contributed by atoms with Crippen LogP contribution in [0, 0.1) is 6.92 Å². The molecule has 6 nitrogen and oxygen atoms in total. The Morgan fingerprint density at radius 2 is 2.47 bits per heavy atom. The average Bonchev–Trinajstić information content (AvgIpc) is 2.73. The van der Waals surface area contributed by atoms with E-state index in [1.807, 2.05) is 6.92 Å². The first kappa shape index (κ1) is 14.0. The van der Waals surface area contributed by atoms with Gasteiger partial charge in [0, 0.05) is 18.4 Å². The van der Waals surface area contributed by atoms with Crippen LogP contribution >= 0.6 is 11.3 Å². The summed E-state index contributed by atoms with van der Waals surface area (Å²) in [4.78, 5) is 16.6. The summed E-state index contributed by atoms with van der Waals surface area (Å²) in [6.07, 6.45) is 0.0624. The first-order chi connectivity index (χ1) is 8.19. The third-order valence-corrected chi connectivity index (χ3v) is 3.24. The normalized spacial score (nSPS) is 12.4. The third-order valence-electron chi connectivity index (χ3n) is 2.25. The van der Waals surface area contributed by atoms with Crippen molar-refractivity contribution in [1.82, 2.24) is 10.4 Å². The molecule has 1 heterocycles. The van der Waals surface area contributed by atoms with Gasteiger partial charge in [0.25, 0.3) is 5.91 Å². The Hall–Kier alpha value is -1.02. The molecule has 0 aliphatic heterocycles. The molecule has 0 fully saturated rings. The first-order valence-electron chi connectivity index (χ1n) is 5.19. The first-order valence-corrected chi connectivity index (χ1v) is 6.07. The number of aromatic nitrogens is 1. The number of carbonyl (C=O) groups excluding carboxylic acids is 1. The van der Waals surface area contributed by atoms with Gasteiger partial charge >= 0.3 is 0 Å². The average molecular weight is 259 g/mol. The molecule has 1 aromatic rings. The largest absolute Gasteiger partial charge is 0.381 e. The van der Waals surface area contributed by atoms with E-state index in [0.717, 1.165) is 17.0 Å². The molecule has 1 unspecified atom stereocenters. The molecule has 17 heavy (non-hydrogen) atoms. The van der Waals surface area contributed by atoms with E-state index in [-0.39, 0.29) is 12.5 Å². The van der Waals surface area contributed by atoms with E-state index in [4.69, 9.17) is 15.3 Å². The zero-order valence-corrected chi connectivity index (χ0v) is 10.8. The molecular weight excluding hydrogens is 242 g/mol. The molecule has 0 radical (unpaired) electrons. The van der Waals surface area contributed by atoms with Crippen molar-refractivity contribution in [3.05, 3.63) is 16.1 Å². The van der Waals surface area contributed by atoms with Crippen molar-refractivity contribution in [2.75, 3.05) is 20.3 Å². The summed E-state index contributed by atoms with van der Waals surface area (Å²) in [5.74, 6) is 4.67. The van der Waals surface area contributed by atoms with E-state index in [0.29, 0.717) is 6.61 Å². The summed E-state index contributed by atoms with van der Waals surface area (Å²) in [7, 11) is 1.51. The molecule has 0 bridgehead atoms. The fourth-order valence-corrected chi connectivity index (χ4v) is 2.07. The molecule has 0 aliphatic rings. The zero-order valence-electron chi connectivity index (χ0n) is 9.93. The van der Waals surface area contributed by atoms with Crippen LogP contribution in [0.1, 0.15) is 10.6 Å². The Balaban J connectivity index is 2.37. The molecule has 0 aromatic carbocycles. The number of nitrogens with zero attached hydrogens (tertiary/aromatic N) is 1. The minimum atomic E-state index is -0.668. The Morgan fingerprint density at radius 3 is 3.00 bits per heavy atom. The van der Waals surface area contributed by atoms with Crippen LogP contribution in [0.2, 0.25) is 0 Å². The van der Waals surface area contributed by atoms with Crippen molar-refractivity contribution in [3.8, 4) is 0 Å². The number of thiazole rings is 1. The predicted molar refractivity (Wildman–Crippen MR) is 64.5 cm³/mol. The van der Waals surface area contributed by atoms with E-state index >= 15 is 0 Å². The van der Waals surface area contributed by atoms with Crippen LogP contribution in [-0.2, 0) is 20.7 Å².